The van der Waals surface area contributed by atoms with Crippen molar-refractivity contribution in [1.82, 2.24) is 34.6 Å². The zero-order valence-electron chi connectivity index (χ0n) is 20.2. The Morgan fingerprint density at radius 1 is 1.11 bits per heavy atom. The van der Waals surface area contributed by atoms with Crippen LogP contribution in [-0.4, -0.2) is 39.9 Å². The average Bonchev–Trinajstić information content (AvgIpc) is 3.70. The quantitative estimate of drug-likeness (QED) is 0.255. The molecule has 184 valence electrons. The summed E-state index contributed by atoms with van der Waals surface area (Å²) in [5, 5.41) is 20.2. The minimum atomic E-state index is -0.894. The van der Waals surface area contributed by atoms with Gasteiger partial charge in [-0.15, -0.1) is 6.42 Å². The second-order valence-corrected chi connectivity index (χ2v) is 10.3. The Balaban J connectivity index is 1.38. The van der Waals surface area contributed by atoms with Crippen molar-refractivity contribution in [2.45, 2.75) is 49.5 Å². The molecule has 1 aromatic carbocycles. The molecule has 2 saturated carbocycles. The van der Waals surface area contributed by atoms with E-state index in [2.05, 4.69) is 36.9 Å². The molecular formula is C28H26N8O. The fraction of sp³-hybridized carbons (Fsp3) is 0.286. The second kappa shape index (κ2) is 7.87. The van der Waals surface area contributed by atoms with E-state index in [1.54, 1.807) is 18.5 Å². The molecule has 0 saturated heterocycles. The van der Waals surface area contributed by atoms with Crippen molar-refractivity contribution in [1.29, 1.82) is 0 Å². The minimum absolute atomic E-state index is 0.225. The molecule has 2 aliphatic carbocycles. The van der Waals surface area contributed by atoms with Gasteiger partial charge in [0.2, 0.25) is 6.35 Å². The number of terminal acetylenes is 1. The highest BCUT2D eigenvalue weighted by Crippen LogP contribution is 2.57. The van der Waals surface area contributed by atoms with Crippen molar-refractivity contribution >= 4 is 27.8 Å². The highest BCUT2D eigenvalue weighted by molar-refractivity contribution is 6.04. The van der Waals surface area contributed by atoms with Crippen LogP contribution >= 0.6 is 0 Å². The summed E-state index contributed by atoms with van der Waals surface area (Å²) in [5.41, 5.74) is 10.1. The van der Waals surface area contributed by atoms with Crippen LogP contribution in [0.1, 0.15) is 44.1 Å². The van der Waals surface area contributed by atoms with Crippen LogP contribution < -0.4 is 11.1 Å². The van der Waals surface area contributed by atoms with Gasteiger partial charge in [-0.2, -0.15) is 5.10 Å². The van der Waals surface area contributed by atoms with Crippen LogP contribution in [0.5, 0.6) is 0 Å². The van der Waals surface area contributed by atoms with Crippen LogP contribution in [0.4, 0.5) is 5.82 Å². The Morgan fingerprint density at radius 3 is 2.73 bits per heavy atom. The number of aliphatic hydroxyl groups excluding tert-OH is 1. The first-order chi connectivity index (χ1) is 18.0. The maximum atomic E-state index is 10.8. The number of benzene rings is 1. The van der Waals surface area contributed by atoms with E-state index in [1.165, 1.54) is 11.0 Å². The van der Waals surface area contributed by atoms with E-state index in [-0.39, 0.29) is 11.1 Å². The fourth-order valence-electron chi connectivity index (χ4n) is 6.66. The highest BCUT2D eigenvalue weighted by atomic mass is 16.3. The van der Waals surface area contributed by atoms with E-state index in [9.17, 15) is 5.11 Å². The Labute approximate surface area is 213 Å². The van der Waals surface area contributed by atoms with Crippen molar-refractivity contribution in [2.24, 2.45) is 0 Å². The van der Waals surface area contributed by atoms with Crippen LogP contribution in [0.3, 0.4) is 0 Å². The lowest BCUT2D eigenvalue weighted by molar-refractivity contribution is 0.0210. The molecule has 0 aliphatic heterocycles. The van der Waals surface area contributed by atoms with Gasteiger partial charge in [0, 0.05) is 46.2 Å². The summed E-state index contributed by atoms with van der Waals surface area (Å²) in [5.74, 6) is 3.38. The number of hydrogen-bond donors (Lipinski definition) is 3. The Bertz CT molecular complexity index is 1690. The van der Waals surface area contributed by atoms with Crippen molar-refractivity contribution in [2.75, 3.05) is 5.73 Å². The monoisotopic (exact) mass is 490 g/mol. The summed E-state index contributed by atoms with van der Waals surface area (Å²) in [6, 6.07) is 11.9. The molecule has 7 rings (SSSR count). The zero-order chi connectivity index (χ0) is 25.2. The summed E-state index contributed by atoms with van der Waals surface area (Å²) in [6.45, 7) is 0. The summed E-state index contributed by atoms with van der Waals surface area (Å²) >= 11 is 0. The normalized spacial score (nSPS) is 23.6. The first kappa shape index (κ1) is 22.0. The summed E-state index contributed by atoms with van der Waals surface area (Å²) < 4.78 is 3.76. The third kappa shape index (κ3) is 3.19. The van der Waals surface area contributed by atoms with Gasteiger partial charge in [-0.1, -0.05) is 24.1 Å². The summed E-state index contributed by atoms with van der Waals surface area (Å²) in [6.07, 6.45) is 16.6. The van der Waals surface area contributed by atoms with Gasteiger partial charge in [-0.25, -0.2) is 14.6 Å². The minimum Gasteiger partial charge on any atom is -0.383 e. The van der Waals surface area contributed by atoms with E-state index in [1.807, 2.05) is 30.5 Å². The van der Waals surface area contributed by atoms with E-state index in [0.29, 0.717) is 5.82 Å². The Kier molecular flexibility index (Phi) is 4.67. The summed E-state index contributed by atoms with van der Waals surface area (Å²) in [4.78, 5) is 13.7. The number of fused-ring (bicyclic) bond motifs is 4. The molecule has 1 unspecified atom stereocenters. The molecule has 2 aliphatic rings. The van der Waals surface area contributed by atoms with Crippen molar-refractivity contribution in [3.8, 4) is 23.5 Å². The van der Waals surface area contributed by atoms with Gasteiger partial charge < -0.3 is 15.4 Å². The van der Waals surface area contributed by atoms with Crippen molar-refractivity contribution < 1.29 is 5.11 Å². The van der Waals surface area contributed by atoms with E-state index in [4.69, 9.17) is 17.1 Å². The molecule has 0 amide bonds. The average molecular weight is 491 g/mol. The van der Waals surface area contributed by atoms with Crippen LogP contribution in [0, 0.1) is 12.3 Å². The number of nitrogens with two attached hydrogens (primary N) is 1. The van der Waals surface area contributed by atoms with E-state index < -0.39 is 6.35 Å². The zero-order valence-corrected chi connectivity index (χ0v) is 20.2. The van der Waals surface area contributed by atoms with Crippen molar-refractivity contribution in [3.05, 3.63) is 67.0 Å². The maximum absolute atomic E-state index is 10.8. The predicted molar refractivity (Wildman–Crippen MR) is 141 cm³/mol. The summed E-state index contributed by atoms with van der Waals surface area (Å²) in [7, 11) is 0. The number of anilines is 1. The van der Waals surface area contributed by atoms with Crippen LogP contribution in [-0.2, 0) is 5.54 Å². The van der Waals surface area contributed by atoms with Gasteiger partial charge >= 0.3 is 0 Å². The molecule has 4 N–H and O–H groups in total. The largest absolute Gasteiger partial charge is 0.383 e. The SMILES string of the molecule is C#Cc1c(-c2cnc3ccccc3c2)c2c(N)ncnc2n1C12CCC(NC(O)n3cccn3)(CC1)C2. The lowest BCUT2D eigenvalue weighted by Crippen LogP contribution is -2.45. The number of rotatable bonds is 5. The van der Waals surface area contributed by atoms with Gasteiger partial charge in [0.15, 0.2) is 0 Å². The number of hydrogen-bond acceptors (Lipinski definition) is 7. The molecule has 5 aromatic rings. The van der Waals surface area contributed by atoms with Crippen molar-refractivity contribution in [3.63, 3.8) is 0 Å². The number of aromatic nitrogens is 6. The second-order valence-electron chi connectivity index (χ2n) is 10.3. The smallest absolute Gasteiger partial charge is 0.203 e. The highest BCUT2D eigenvalue weighted by Gasteiger charge is 2.57. The van der Waals surface area contributed by atoms with Gasteiger partial charge in [0.05, 0.1) is 10.9 Å². The van der Waals surface area contributed by atoms with Gasteiger partial charge in [-0.05, 0) is 50.3 Å². The molecule has 1 atom stereocenters. The first-order valence-electron chi connectivity index (χ1n) is 12.4. The maximum Gasteiger partial charge on any atom is 0.203 e. The topological polar surface area (TPSA) is 120 Å². The molecule has 2 fully saturated rings. The molecule has 9 nitrogen and oxygen atoms in total. The molecule has 9 heteroatoms. The number of nitrogens with one attached hydrogen (secondary N) is 1. The van der Waals surface area contributed by atoms with Gasteiger partial charge in [-0.3, -0.25) is 10.3 Å². The standard InChI is InChI=1S/C28H26N8O/c1-2-21-22(19-14-18-6-3-4-7-20(18)30-15-19)23-24(29)31-17-32-25(23)36(21)28-10-8-27(16-28,9-11-28)34-26(37)35-13-5-12-33-35/h1,3-7,12-15,17,26,34,37H,8-11,16H2,(H2,29,31,32). The van der Waals surface area contributed by atoms with E-state index in [0.717, 1.165) is 70.9 Å². The molecule has 0 spiro atoms. The molecule has 37 heavy (non-hydrogen) atoms. The first-order valence-corrected chi connectivity index (χ1v) is 12.4. The number of pyridine rings is 1. The third-order valence-corrected chi connectivity index (χ3v) is 8.29. The van der Waals surface area contributed by atoms with E-state index >= 15 is 0 Å². The van der Waals surface area contributed by atoms with Crippen LogP contribution in [0.2, 0.25) is 0 Å². The molecule has 0 radical (unpaired) electrons. The van der Waals surface area contributed by atoms with Crippen LogP contribution in [0.25, 0.3) is 33.1 Å². The Hall–Kier alpha value is -4.26. The molecule has 2 bridgehead atoms. The lowest BCUT2D eigenvalue weighted by Gasteiger charge is -2.31. The van der Waals surface area contributed by atoms with Gasteiger partial charge in [0.25, 0.3) is 0 Å². The molecule has 4 aromatic heterocycles. The number of aliphatic hydroxyl groups is 1. The number of nitrogens with zero attached hydrogens (tertiary/aromatic N) is 6. The third-order valence-electron chi connectivity index (χ3n) is 8.29. The predicted octanol–water partition coefficient (Wildman–Crippen LogP) is 3.56. The Morgan fingerprint density at radius 2 is 1.95 bits per heavy atom. The fourth-order valence-corrected chi connectivity index (χ4v) is 6.66. The number of nitrogen functional groups attached to an aromatic ring is 1. The molecular weight excluding hydrogens is 464 g/mol. The van der Waals surface area contributed by atoms with Gasteiger partial charge in [0.1, 0.15) is 23.5 Å². The number of para-hydroxylation sites is 1. The molecule has 4 heterocycles. The lowest BCUT2D eigenvalue weighted by atomic mass is 9.90. The van der Waals surface area contributed by atoms with Crippen LogP contribution in [0.15, 0.2) is 61.3 Å².